The monoisotopic (exact) mass is 110 g/mol. The molecule has 0 aromatic rings. The van der Waals surface area contributed by atoms with Crippen LogP contribution < -0.4 is 0 Å². The summed E-state index contributed by atoms with van der Waals surface area (Å²) in [4.78, 5) is 0. The summed E-state index contributed by atoms with van der Waals surface area (Å²) in [5, 5.41) is 0. The van der Waals surface area contributed by atoms with Gasteiger partial charge in [-0.05, 0) is 17.8 Å². The van der Waals surface area contributed by atoms with Crippen molar-refractivity contribution in [2.24, 2.45) is 11.3 Å². The predicted octanol–water partition coefficient (Wildman–Crippen LogP) is 2.61. The minimum atomic E-state index is 0.472. The van der Waals surface area contributed by atoms with E-state index in [1.54, 1.807) is 0 Å². The van der Waals surface area contributed by atoms with Gasteiger partial charge in [0.1, 0.15) is 0 Å². The molecule has 0 saturated carbocycles. The van der Waals surface area contributed by atoms with Crippen molar-refractivity contribution in [3.8, 4) is 0 Å². The van der Waals surface area contributed by atoms with E-state index >= 15 is 0 Å². The van der Waals surface area contributed by atoms with Crippen molar-refractivity contribution in [3.05, 3.63) is 12.2 Å². The van der Waals surface area contributed by atoms with Crippen molar-refractivity contribution < 1.29 is 0 Å². The first-order valence-corrected chi connectivity index (χ1v) is 3.30. The summed E-state index contributed by atoms with van der Waals surface area (Å²) in [7, 11) is 0. The molecule has 1 rings (SSSR count). The van der Waals surface area contributed by atoms with E-state index in [4.69, 9.17) is 0 Å². The molecule has 0 unspecified atom stereocenters. The highest BCUT2D eigenvalue weighted by molar-refractivity contribution is 5.05. The Balaban J connectivity index is 2.67. The number of hydrogen-bond donors (Lipinski definition) is 0. The van der Waals surface area contributed by atoms with E-state index in [2.05, 4.69) is 32.9 Å². The standard InChI is InChI=1S/C8H14/c1-7-5-4-6-8(7,2)3/h4,6-7H,5H2,1-3H3/t7-/m0/s1. The average molecular weight is 110 g/mol. The zero-order valence-corrected chi connectivity index (χ0v) is 5.94. The van der Waals surface area contributed by atoms with Crippen molar-refractivity contribution in [1.82, 2.24) is 0 Å². The van der Waals surface area contributed by atoms with Crippen LogP contribution in [0.3, 0.4) is 0 Å². The molecule has 0 fully saturated rings. The fourth-order valence-electron chi connectivity index (χ4n) is 1.04. The first-order chi connectivity index (χ1) is 3.63. The second-order valence-corrected chi connectivity index (χ2v) is 3.36. The SMILES string of the molecule is C[C@H]1CC=CC1(C)C. The van der Waals surface area contributed by atoms with Crippen molar-refractivity contribution in [2.75, 3.05) is 0 Å². The molecule has 0 bridgehead atoms. The smallest absolute Gasteiger partial charge is 0.0146 e. The molecular weight excluding hydrogens is 96.1 g/mol. The molecule has 1 atom stereocenters. The van der Waals surface area contributed by atoms with Crippen LogP contribution in [-0.2, 0) is 0 Å². The molecule has 8 heavy (non-hydrogen) atoms. The molecule has 0 nitrogen and oxygen atoms in total. The average Bonchev–Trinajstić information content (AvgIpc) is 1.86. The van der Waals surface area contributed by atoms with Gasteiger partial charge in [-0.2, -0.15) is 0 Å². The Labute approximate surface area is 51.6 Å². The van der Waals surface area contributed by atoms with E-state index in [0.29, 0.717) is 5.41 Å². The first-order valence-electron chi connectivity index (χ1n) is 3.30. The van der Waals surface area contributed by atoms with E-state index in [9.17, 15) is 0 Å². The maximum absolute atomic E-state index is 2.32. The Bertz CT molecular complexity index is 109. The Morgan fingerprint density at radius 2 is 2.12 bits per heavy atom. The summed E-state index contributed by atoms with van der Waals surface area (Å²) < 4.78 is 0. The minimum absolute atomic E-state index is 0.472. The highest BCUT2D eigenvalue weighted by atomic mass is 14.3. The first kappa shape index (κ1) is 5.87. The Hall–Kier alpha value is -0.260. The Morgan fingerprint density at radius 1 is 1.50 bits per heavy atom. The fourth-order valence-corrected chi connectivity index (χ4v) is 1.04. The topological polar surface area (TPSA) is 0 Å². The van der Waals surface area contributed by atoms with Gasteiger partial charge in [0, 0.05) is 0 Å². The van der Waals surface area contributed by atoms with Gasteiger partial charge in [0.05, 0.1) is 0 Å². The molecule has 0 aliphatic heterocycles. The summed E-state index contributed by atoms with van der Waals surface area (Å²) >= 11 is 0. The van der Waals surface area contributed by atoms with Gasteiger partial charge in [-0.3, -0.25) is 0 Å². The molecule has 0 spiro atoms. The second kappa shape index (κ2) is 1.61. The largest absolute Gasteiger partial charge is 0.0877 e. The van der Waals surface area contributed by atoms with Crippen LogP contribution in [-0.4, -0.2) is 0 Å². The third-order valence-electron chi connectivity index (χ3n) is 2.31. The van der Waals surface area contributed by atoms with Crippen molar-refractivity contribution in [1.29, 1.82) is 0 Å². The zero-order chi connectivity index (χ0) is 6.20. The van der Waals surface area contributed by atoms with Gasteiger partial charge in [0.15, 0.2) is 0 Å². The van der Waals surface area contributed by atoms with Gasteiger partial charge in [0.2, 0.25) is 0 Å². The molecule has 0 amide bonds. The Morgan fingerprint density at radius 3 is 2.25 bits per heavy atom. The molecule has 0 radical (unpaired) electrons. The van der Waals surface area contributed by atoms with Gasteiger partial charge >= 0.3 is 0 Å². The van der Waals surface area contributed by atoms with E-state index in [1.807, 2.05) is 0 Å². The molecular formula is C8H14. The van der Waals surface area contributed by atoms with Gasteiger partial charge in [-0.15, -0.1) is 0 Å². The highest BCUT2D eigenvalue weighted by Gasteiger charge is 2.25. The molecule has 0 N–H and O–H groups in total. The van der Waals surface area contributed by atoms with Crippen LogP contribution in [0.1, 0.15) is 27.2 Å². The maximum Gasteiger partial charge on any atom is -0.0146 e. The lowest BCUT2D eigenvalue weighted by Gasteiger charge is -2.21. The third kappa shape index (κ3) is 0.795. The van der Waals surface area contributed by atoms with Gasteiger partial charge in [-0.1, -0.05) is 32.9 Å². The normalized spacial score (nSPS) is 33.6. The van der Waals surface area contributed by atoms with Crippen LogP contribution in [0.2, 0.25) is 0 Å². The van der Waals surface area contributed by atoms with Gasteiger partial charge in [0.25, 0.3) is 0 Å². The van der Waals surface area contributed by atoms with E-state index in [0.717, 1.165) is 5.92 Å². The molecule has 0 aromatic heterocycles. The summed E-state index contributed by atoms with van der Waals surface area (Å²) in [5.74, 6) is 0.850. The lowest BCUT2D eigenvalue weighted by molar-refractivity contribution is 0.335. The molecule has 1 aliphatic carbocycles. The molecule has 0 heteroatoms. The van der Waals surface area contributed by atoms with Gasteiger partial charge in [-0.25, -0.2) is 0 Å². The molecule has 46 valence electrons. The number of hydrogen-bond acceptors (Lipinski definition) is 0. The van der Waals surface area contributed by atoms with Crippen LogP contribution in [0.4, 0.5) is 0 Å². The zero-order valence-electron chi connectivity index (χ0n) is 5.94. The summed E-state index contributed by atoms with van der Waals surface area (Å²) in [5.41, 5.74) is 0.472. The lowest BCUT2D eigenvalue weighted by atomic mass is 9.84. The van der Waals surface area contributed by atoms with Crippen molar-refractivity contribution in [3.63, 3.8) is 0 Å². The molecule has 0 heterocycles. The summed E-state index contributed by atoms with van der Waals surface area (Å²) in [6.07, 6.45) is 5.87. The Kier molecular flexibility index (Phi) is 1.18. The molecule has 1 aliphatic rings. The molecule has 0 saturated heterocycles. The minimum Gasteiger partial charge on any atom is -0.0877 e. The fraction of sp³-hybridized carbons (Fsp3) is 0.750. The highest BCUT2D eigenvalue weighted by Crippen LogP contribution is 2.35. The van der Waals surface area contributed by atoms with Gasteiger partial charge < -0.3 is 0 Å². The van der Waals surface area contributed by atoms with Crippen molar-refractivity contribution >= 4 is 0 Å². The number of allylic oxidation sites excluding steroid dienone is 2. The lowest BCUT2D eigenvalue weighted by Crippen LogP contribution is -2.12. The van der Waals surface area contributed by atoms with E-state index < -0.39 is 0 Å². The predicted molar refractivity (Wildman–Crippen MR) is 36.7 cm³/mol. The quantitative estimate of drug-likeness (QED) is 0.420. The van der Waals surface area contributed by atoms with E-state index in [-0.39, 0.29) is 0 Å². The van der Waals surface area contributed by atoms with E-state index in [1.165, 1.54) is 6.42 Å². The van der Waals surface area contributed by atoms with Crippen LogP contribution in [0.25, 0.3) is 0 Å². The van der Waals surface area contributed by atoms with Crippen LogP contribution in [0.15, 0.2) is 12.2 Å². The summed E-state index contributed by atoms with van der Waals surface area (Å²) in [6, 6.07) is 0. The summed E-state index contributed by atoms with van der Waals surface area (Å²) in [6.45, 7) is 6.89. The van der Waals surface area contributed by atoms with Crippen molar-refractivity contribution in [2.45, 2.75) is 27.2 Å². The van der Waals surface area contributed by atoms with Crippen LogP contribution in [0, 0.1) is 11.3 Å². The number of rotatable bonds is 0. The maximum atomic E-state index is 2.32. The van der Waals surface area contributed by atoms with Crippen LogP contribution >= 0.6 is 0 Å². The molecule has 0 aromatic carbocycles. The van der Waals surface area contributed by atoms with Crippen LogP contribution in [0.5, 0.6) is 0 Å². The second-order valence-electron chi connectivity index (χ2n) is 3.36. The third-order valence-corrected chi connectivity index (χ3v) is 2.31.